The summed E-state index contributed by atoms with van der Waals surface area (Å²) in [7, 11) is 0. The molecule has 2 heterocycles. The maximum atomic E-state index is 2.46. The summed E-state index contributed by atoms with van der Waals surface area (Å²) in [4.78, 5) is 0. The Bertz CT molecular complexity index is 4280. The fourth-order valence-corrected chi connectivity index (χ4v) is 12.1. The summed E-state index contributed by atoms with van der Waals surface area (Å²) >= 11 is 0. The van der Waals surface area contributed by atoms with E-state index in [0.717, 1.165) is 11.4 Å². The van der Waals surface area contributed by atoms with Gasteiger partial charge in [-0.05, 0) is 148 Å². The first kappa shape index (κ1) is 40.4. The lowest BCUT2D eigenvalue weighted by Gasteiger charge is -2.21. The van der Waals surface area contributed by atoms with Crippen LogP contribution >= 0.6 is 0 Å². The van der Waals surface area contributed by atoms with E-state index in [1.165, 1.54) is 131 Å². The third kappa shape index (κ3) is 6.16. The summed E-state index contributed by atoms with van der Waals surface area (Å²) in [6.45, 7) is 0. The predicted octanol–water partition coefficient (Wildman–Crippen LogP) is 19.2. The number of para-hydroxylation sites is 4. The van der Waals surface area contributed by atoms with E-state index in [2.05, 4.69) is 276 Å². The van der Waals surface area contributed by atoms with Gasteiger partial charge in [0.05, 0.1) is 22.1 Å². The molecule has 0 aliphatic heterocycles. The zero-order valence-electron chi connectivity index (χ0n) is 39.3. The molecular weight excluding hydrogens is 869 g/mol. The zero-order chi connectivity index (χ0) is 47.3. The quantitative estimate of drug-likeness (QED) is 0.147. The maximum absolute atomic E-state index is 2.46. The lowest BCUT2D eigenvalue weighted by atomic mass is 9.84. The largest absolute Gasteiger partial charge is 0.309 e. The van der Waals surface area contributed by atoms with Crippen LogP contribution < -0.4 is 0 Å². The van der Waals surface area contributed by atoms with Gasteiger partial charge in [0.2, 0.25) is 0 Å². The summed E-state index contributed by atoms with van der Waals surface area (Å²) in [5, 5.41) is 14.8. The van der Waals surface area contributed by atoms with E-state index in [1.807, 2.05) is 0 Å². The summed E-state index contributed by atoms with van der Waals surface area (Å²) in [5.74, 6) is 0. The van der Waals surface area contributed by atoms with E-state index in [-0.39, 0.29) is 0 Å². The second kappa shape index (κ2) is 16.0. The third-order valence-corrected chi connectivity index (χ3v) is 15.3. The van der Waals surface area contributed by atoms with Crippen LogP contribution in [0.1, 0.15) is 0 Å². The van der Waals surface area contributed by atoms with Gasteiger partial charge in [-0.15, -0.1) is 0 Å². The molecule has 0 saturated carbocycles. The highest BCUT2D eigenvalue weighted by atomic mass is 15.0. The monoisotopic (exact) mass is 912 g/mol. The minimum absolute atomic E-state index is 1.13. The van der Waals surface area contributed by atoms with Gasteiger partial charge in [0.15, 0.2) is 0 Å². The van der Waals surface area contributed by atoms with Crippen LogP contribution in [-0.2, 0) is 0 Å². The molecule has 0 spiro atoms. The molecule has 0 N–H and O–H groups in total. The summed E-state index contributed by atoms with van der Waals surface area (Å²) in [5.41, 5.74) is 16.6. The molecule has 15 aromatic rings. The van der Waals surface area contributed by atoms with Crippen LogP contribution in [0.5, 0.6) is 0 Å². The summed E-state index contributed by atoms with van der Waals surface area (Å²) in [6, 6.07) is 99.0. The van der Waals surface area contributed by atoms with Gasteiger partial charge in [-0.25, -0.2) is 0 Å². The lowest BCUT2D eigenvalue weighted by Crippen LogP contribution is -1.98. The molecule has 15 rings (SSSR count). The molecule has 2 nitrogen and oxygen atoms in total. The van der Waals surface area contributed by atoms with Gasteiger partial charge in [0.25, 0.3) is 0 Å². The Morgan fingerprint density at radius 1 is 0.194 bits per heavy atom. The van der Waals surface area contributed by atoms with Crippen LogP contribution in [0.4, 0.5) is 0 Å². The van der Waals surface area contributed by atoms with Gasteiger partial charge in [-0.3, -0.25) is 0 Å². The molecule has 2 aromatic heterocycles. The van der Waals surface area contributed by atoms with Gasteiger partial charge < -0.3 is 9.13 Å². The minimum Gasteiger partial charge on any atom is -0.309 e. The number of rotatable bonds is 6. The minimum atomic E-state index is 1.13. The van der Waals surface area contributed by atoms with E-state index in [4.69, 9.17) is 0 Å². The van der Waals surface area contributed by atoms with E-state index in [0.29, 0.717) is 0 Å². The Kier molecular flexibility index (Phi) is 8.99. The van der Waals surface area contributed by atoms with Crippen LogP contribution in [0, 0.1) is 0 Å². The molecule has 0 fully saturated rings. The highest BCUT2D eigenvalue weighted by molar-refractivity contribution is 6.23. The van der Waals surface area contributed by atoms with Crippen molar-refractivity contribution in [2.24, 2.45) is 0 Å². The van der Waals surface area contributed by atoms with Gasteiger partial charge in [-0.2, -0.15) is 0 Å². The van der Waals surface area contributed by atoms with Crippen molar-refractivity contribution in [2.45, 2.75) is 0 Å². The fourth-order valence-electron chi connectivity index (χ4n) is 12.1. The molecule has 0 aliphatic rings. The topological polar surface area (TPSA) is 9.86 Å². The Morgan fingerprint density at radius 3 is 0.917 bits per heavy atom. The second-order valence-corrected chi connectivity index (χ2v) is 19.2. The molecule has 13 aromatic carbocycles. The smallest absolute Gasteiger partial charge is 0.0541 e. The van der Waals surface area contributed by atoms with Crippen molar-refractivity contribution in [1.82, 2.24) is 9.13 Å². The van der Waals surface area contributed by atoms with Crippen molar-refractivity contribution >= 4 is 86.7 Å². The average molecular weight is 913 g/mol. The molecule has 72 heavy (non-hydrogen) atoms. The molecule has 0 unspecified atom stereocenters. The number of hydrogen-bond acceptors (Lipinski definition) is 0. The standard InChI is InChI=1S/C70H44N2/c1-3-25-53-45(17-1)19-15-31-55(53)47-21-13-23-49(41-47)69-61-39-37-52(72-67-35-11-7-29-59(67)60-30-8-12-36-68(60)72)44-64(61)70(50-24-14-22-48(42-50)56-32-16-20-46-18-2-4-26-54(46)56)62-40-38-51(43-63(62)69)71-65-33-9-5-27-57(65)58-28-6-10-34-66(58)71/h1-44H. The van der Waals surface area contributed by atoms with E-state index < -0.39 is 0 Å². The summed E-state index contributed by atoms with van der Waals surface area (Å²) in [6.07, 6.45) is 0. The van der Waals surface area contributed by atoms with Gasteiger partial charge in [0.1, 0.15) is 0 Å². The van der Waals surface area contributed by atoms with Crippen LogP contribution in [0.3, 0.4) is 0 Å². The molecule has 0 radical (unpaired) electrons. The number of hydrogen-bond donors (Lipinski definition) is 0. The Morgan fingerprint density at radius 2 is 0.514 bits per heavy atom. The highest BCUT2D eigenvalue weighted by Gasteiger charge is 2.22. The molecule has 0 aliphatic carbocycles. The first-order chi connectivity index (χ1) is 35.7. The van der Waals surface area contributed by atoms with Crippen molar-refractivity contribution in [3.63, 3.8) is 0 Å². The normalized spacial score (nSPS) is 11.9. The van der Waals surface area contributed by atoms with Gasteiger partial charge >= 0.3 is 0 Å². The number of benzene rings is 13. The Hall–Kier alpha value is -9.50. The van der Waals surface area contributed by atoms with Crippen LogP contribution in [0.15, 0.2) is 267 Å². The van der Waals surface area contributed by atoms with E-state index >= 15 is 0 Å². The number of aromatic nitrogens is 2. The van der Waals surface area contributed by atoms with E-state index in [9.17, 15) is 0 Å². The van der Waals surface area contributed by atoms with Crippen LogP contribution in [-0.4, -0.2) is 9.13 Å². The SMILES string of the molecule is c1cc(-c2cccc3ccccc23)cc(-c2c3ccc(-n4c5ccccc5c5ccccc54)cc3c(-c3cccc(-c4cccc5ccccc45)c3)c3ccc(-n4c5ccccc5c5ccccc54)cc23)c1. The molecule has 0 amide bonds. The van der Waals surface area contributed by atoms with Gasteiger partial charge in [0, 0.05) is 32.9 Å². The maximum Gasteiger partial charge on any atom is 0.0541 e. The van der Waals surface area contributed by atoms with Crippen molar-refractivity contribution in [3.05, 3.63) is 267 Å². The van der Waals surface area contributed by atoms with E-state index in [1.54, 1.807) is 0 Å². The number of nitrogens with zero attached hydrogens (tertiary/aromatic N) is 2. The molecular formula is C70H44N2. The molecule has 0 saturated heterocycles. The predicted molar refractivity (Wildman–Crippen MR) is 307 cm³/mol. The van der Waals surface area contributed by atoms with Crippen molar-refractivity contribution in [2.75, 3.05) is 0 Å². The first-order valence-corrected chi connectivity index (χ1v) is 24.9. The number of fused-ring (bicyclic) bond motifs is 10. The fraction of sp³-hybridized carbons (Fsp3) is 0. The third-order valence-electron chi connectivity index (χ3n) is 15.3. The second-order valence-electron chi connectivity index (χ2n) is 19.2. The molecule has 0 bridgehead atoms. The van der Waals surface area contributed by atoms with Gasteiger partial charge in [-0.1, -0.05) is 206 Å². The average Bonchev–Trinajstić information content (AvgIpc) is 3.97. The lowest BCUT2D eigenvalue weighted by molar-refractivity contribution is 1.18. The Labute approximate surface area is 416 Å². The molecule has 2 heteroatoms. The van der Waals surface area contributed by atoms with Crippen molar-refractivity contribution < 1.29 is 0 Å². The first-order valence-electron chi connectivity index (χ1n) is 24.9. The highest BCUT2D eigenvalue weighted by Crippen LogP contribution is 2.48. The molecule has 0 atom stereocenters. The zero-order valence-corrected chi connectivity index (χ0v) is 39.3. The Balaban J connectivity index is 1.08. The van der Waals surface area contributed by atoms with Crippen molar-refractivity contribution in [1.29, 1.82) is 0 Å². The van der Waals surface area contributed by atoms with Crippen LogP contribution in [0.2, 0.25) is 0 Å². The molecule has 334 valence electrons. The van der Waals surface area contributed by atoms with Crippen molar-refractivity contribution in [3.8, 4) is 55.9 Å². The summed E-state index contributed by atoms with van der Waals surface area (Å²) < 4.78 is 4.91. The van der Waals surface area contributed by atoms with Crippen LogP contribution in [0.25, 0.3) is 143 Å².